The van der Waals surface area contributed by atoms with Crippen LogP contribution in [0.15, 0.2) is 24.3 Å². The molecule has 0 radical (unpaired) electrons. The summed E-state index contributed by atoms with van der Waals surface area (Å²) in [6.07, 6.45) is 2.78. The van der Waals surface area contributed by atoms with E-state index < -0.39 is 12.5 Å². The van der Waals surface area contributed by atoms with E-state index in [0.717, 1.165) is 0 Å². The van der Waals surface area contributed by atoms with Crippen LogP contribution in [-0.2, 0) is 4.79 Å². The van der Waals surface area contributed by atoms with Gasteiger partial charge in [-0.15, -0.1) is 0 Å². The molecule has 26 heavy (non-hydrogen) atoms. The number of ether oxygens (including phenoxy) is 2. The van der Waals surface area contributed by atoms with E-state index in [1.54, 1.807) is 6.92 Å². The lowest BCUT2D eigenvalue weighted by Gasteiger charge is -2.22. The van der Waals surface area contributed by atoms with Crippen LogP contribution >= 0.6 is 12.2 Å². The lowest BCUT2D eigenvalue weighted by Crippen LogP contribution is -2.51. The van der Waals surface area contributed by atoms with Crippen LogP contribution in [0.1, 0.15) is 33.3 Å². The third-order valence-corrected chi connectivity index (χ3v) is 2.90. The van der Waals surface area contributed by atoms with Crippen LogP contribution in [0.3, 0.4) is 0 Å². The van der Waals surface area contributed by atoms with Crippen molar-refractivity contribution in [3.63, 3.8) is 0 Å². The Morgan fingerprint density at radius 1 is 1.27 bits per heavy atom. The summed E-state index contributed by atoms with van der Waals surface area (Å²) < 4.78 is 34.4. The SMILES string of the molecule is CCOc1cc(/C=C/C(=O)NNC(=S)NC(C)(C)C)ccc1OC(F)F. The van der Waals surface area contributed by atoms with Gasteiger partial charge in [0.15, 0.2) is 16.6 Å². The lowest BCUT2D eigenvalue weighted by molar-refractivity contribution is -0.117. The molecule has 0 saturated carbocycles. The average molecular weight is 387 g/mol. The molecule has 1 aromatic rings. The van der Waals surface area contributed by atoms with Gasteiger partial charge in [0.1, 0.15) is 0 Å². The highest BCUT2D eigenvalue weighted by Crippen LogP contribution is 2.30. The van der Waals surface area contributed by atoms with Crippen LogP contribution in [0, 0.1) is 0 Å². The molecule has 1 rings (SSSR count). The Morgan fingerprint density at radius 2 is 1.96 bits per heavy atom. The second kappa shape index (κ2) is 9.91. The molecule has 1 aromatic carbocycles. The standard InChI is InChI=1S/C17H23F2N3O3S/c1-5-24-13-10-11(6-8-12(13)25-15(18)19)7-9-14(23)21-22-16(26)20-17(2,3)4/h6-10,15H,5H2,1-4H3,(H,21,23)(H2,20,22,26)/b9-7+. The highest BCUT2D eigenvalue weighted by Gasteiger charge is 2.12. The van der Waals surface area contributed by atoms with Gasteiger partial charge in [0.25, 0.3) is 5.91 Å². The Kier molecular flexibility index (Phi) is 8.24. The van der Waals surface area contributed by atoms with Crippen molar-refractivity contribution in [3.8, 4) is 11.5 Å². The van der Waals surface area contributed by atoms with E-state index >= 15 is 0 Å². The van der Waals surface area contributed by atoms with Gasteiger partial charge in [-0.05, 0) is 63.7 Å². The van der Waals surface area contributed by atoms with Gasteiger partial charge in [-0.25, -0.2) is 0 Å². The first-order chi connectivity index (χ1) is 12.1. The summed E-state index contributed by atoms with van der Waals surface area (Å²) in [5, 5.41) is 3.27. The van der Waals surface area contributed by atoms with E-state index in [9.17, 15) is 13.6 Å². The number of halogens is 2. The molecule has 0 bridgehead atoms. The maximum absolute atomic E-state index is 12.4. The predicted octanol–water partition coefficient (Wildman–Crippen LogP) is 2.99. The minimum absolute atomic E-state index is 0.0660. The minimum atomic E-state index is -2.95. The third-order valence-electron chi connectivity index (χ3n) is 2.70. The lowest BCUT2D eigenvalue weighted by atomic mass is 10.1. The molecule has 1 amide bonds. The molecule has 0 spiro atoms. The first kappa shape index (κ1) is 21.6. The second-order valence-corrected chi connectivity index (χ2v) is 6.58. The molecule has 0 saturated heterocycles. The molecule has 9 heteroatoms. The number of hydrogen-bond donors (Lipinski definition) is 3. The molecular formula is C17H23F2N3O3S. The fraction of sp³-hybridized carbons (Fsp3) is 0.412. The van der Waals surface area contributed by atoms with Gasteiger partial charge in [0.2, 0.25) is 0 Å². The molecule has 0 atom stereocenters. The second-order valence-electron chi connectivity index (χ2n) is 6.17. The van der Waals surface area contributed by atoms with Gasteiger partial charge in [-0.3, -0.25) is 15.6 Å². The van der Waals surface area contributed by atoms with Crippen LogP contribution in [-0.4, -0.2) is 29.8 Å². The molecule has 3 N–H and O–H groups in total. The Morgan fingerprint density at radius 3 is 2.54 bits per heavy atom. The van der Waals surface area contributed by atoms with Gasteiger partial charge in [0, 0.05) is 11.6 Å². The number of amides is 1. The van der Waals surface area contributed by atoms with Gasteiger partial charge >= 0.3 is 6.61 Å². The molecule has 0 aliphatic carbocycles. The van der Waals surface area contributed by atoms with Crippen LogP contribution in [0.5, 0.6) is 11.5 Å². The van der Waals surface area contributed by atoms with E-state index in [1.807, 2.05) is 20.8 Å². The summed E-state index contributed by atoms with van der Waals surface area (Å²) in [5.41, 5.74) is 5.35. The largest absolute Gasteiger partial charge is 0.490 e. The number of nitrogens with one attached hydrogen (secondary N) is 3. The maximum Gasteiger partial charge on any atom is 0.387 e. The number of rotatable bonds is 6. The zero-order valence-electron chi connectivity index (χ0n) is 15.1. The first-order valence-corrected chi connectivity index (χ1v) is 8.29. The van der Waals surface area contributed by atoms with E-state index in [1.165, 1.54) is 30.4 Å². The smallest absolute Gasteiger partial charge is 0.387 e. The molecular weight excluding hydrogens is 364 g/mol. The van der Waals surface area contributed by atoms with E-state index in [-0.39, 0.29) is 28.8 Å². The molecule has 0 heterocycles. The normalized spacial score (nSPS) is 11.3. The third kappa shape index (κ3) is 8.61. The number of benzene rings is 1. The summed E-state index contributed by atoms with van der Waals surface area (Å²) in [7, 11) is 0. The maximum atomic E-state index is 12.4. The topological polar surface area (TPSA) is 71.6 Å². The zero-order chi connectivity index (χ0) is 19.7. The molecule has 0 fully saturated rings. The average Bonchev–Trinajstić information content (AvgIpc) is 2.51. The van der Waals surface area contributed by atoms with Crippen LogP contribution < -0.4 is 25.6 Å². The van der Waals surface area contributed by atoms with Gasteiger partial charge < -0.3 is 14.8 Å². The number of carbonyl (C=O) groups is 1. The summed E-state index contributed by atoms with van der Waals surface area (Å²) in [4.78, 5) is 11.8. The van der Waals surface area contributed by atoms with Gasteiger partial charge in [-0.2, -0.15) is 8.78 Å². The summed E-state index contributed by atoms with van der Waals surface area (Å²) >= 11 is 5.04. The van der Waals surface area contributed by atoms with Gasteiger partial charge in [0.05, 0.1) is 6.61 Å². The monoisotopic (exact) mass is 387 g/mol. The number of hydrogen-bond acceptors (Lipinski definition) is 4. The van der Waals surface area contributed by atoms with E-state index in [0.29, 0.717) is 5.56 Å². The first-order valence-electron chi connectivity index (χ1n) is 7.88. The Balaban J connectivity index is 2.67. The summed E-state index contributed by atoms with van der Waals surface area (Å²) in [5.74, 6) is -0.332. The molecule has 0 unspecified atom stereocenters. The Hall–Kier alpha value is -2.42. The molecule has 6 nitrogen and oxygen atoms in total. The highest BCUT2D eigenvalue weighted by atomic mass is 32.1. The highest BCUT2D eigenvalue weighted by molar-refractivity contribution is 7.80. The van der Waals surface area contributed by atoms with Crippen molar-refractivity contribution >= 4 is 29.3 Å². The number of hydrazine groups is 1. The van der Waals surface area contributed by atoms with E-state index in [2.05, 4.69) is 20.9 Å². The summed E-state index contributed by atoms with van der Waals surface area (Å²) in [6.45, 7) is 4.86. The number of carbonyl (C=O) groups excluding carboxylic acids is 1. The Bertz CT molecular complexity index is 661. The predicted molar refractivity (Wildman–Crippen MR) is 100 cm³/mol. The van der Waals surface area contributed by atoms with Crippen LogP contribution in [0.4, 0.5) is 8.78 Å². The molecule has 0 aromatic heterocycles. The molecule has 0 aliphatic rings. The van der Waals surface area contributed by atoms with Crippen molar-refractivity contribution in [1.82, 2.24) is 16.2 Å². The minimum Gasteiger partial charge on any atom is -0.490 e. The molecule has 144 valence electrons. The van der Waals surface area contributed by atoms with Crippen LogP contribution in [0.25, 0.3) is 6.08 Å². The van der Waals surface area contributed by atoms with Crippen molar-refractivity contribution in [2.45, 2.75) is 39.8 Å². The van der Waals surface area contributed by atoms with E-state index in [4.69, 9.17) is 17.0 Å². The zero-order valence-corrected chi connectivity index (χ0v) is 15.9. The molecule has 0 aliphatic heterocycles. The quantitative estimate of drug-likeness (QED) is 0.396. The van der Waals surface area contributed by atoms with Crippen molar-refractivity contribution in [2.75, 3.05) is 6.61 Å². The van der Waals surface area contributed by atoms with Crippen LogP contribution in [0.2, 0.25) is 0 Å². The van der Waals surface area contributed by atoms with Gasteiger partial charge in [-0.1, -0.05) is 6.07 Å². The fourth-order valence-corrected chi connectivity index (χ4v) is 2.15. The summed E-state index contributed by atoms with van der Waals surface area (Å²) in [6, 6.07) is 4.39. The fourth-order valence-electron chi connectivity index (χ4n) is 1.79. The van der Waals surface area contributed by atoms with Crippen molar-refractivity contribution in [3.05, 3.63) is 29.8 Å². The van der Waals surface area contributed by atoms with Crippen molar-refractivity contribution in [1.29, 1.82) is 0 Å². The number of alkyl halides is 2. The number of thiocarbonyl (C=S) groups is 1. The van der Waals surface area contributed by atoms with Crippen molar-refractivity contribution < 1.29 is 23.0 Å². The van der Waals surface area contributed by atoms with Crippen molar-refractivity contribution in [2.24, 2.45) is 0 Å². The Labute approximate surface area is 156 Å².